The molecule has 4 aliphatic carbocycles. The Morgan fingerprint density at radius 1 is 1.09 bits per heavy atom. The molecule has 4 aliphatic rings. The fourth-order valence-electron chi connectivity index (χ4n) is 8.80. The van der Waals surface area contributed by atoms with E-state index in [1.54, 1.807) is 0 Å². The highest BCUT2D eigenvalue weighted by molar-refractivity contribution is 5.71. The van der Waals surface area contributed by atoms with Crippen molar-refractivity contribution in [3.63, 3.8) is 0 Å². The molecule has 0 aromatic heterocycles. The summed E-state index contributed by atoms with van der Waals surface area (Å²) in [6.45, 7) is 20.3. The second-order valence-electron chi connectivity index (χ2n) is 13.7. The summed E-state index contributed by atoms with van der Waals surface area (Å²) >= 11 is 0. The average Bonchev–Trinajstić information content (AvgIpc) is 3.02. The number of carboxylic acids is 1. The molecular weight excluding hydrogens is 420 g/mol. The van der Waals surface area contributed by atoms with Crippen molar-refractivity contribution in [1.82, 2.24) is 0 Å². The van der Waals surface area contributed by atoms with E-state index in [4.69, 9.17) is 0 Å². The number of aliphatic carboxylic acids is 1. The standard InChI is InChI=1S/C31H48O3/c1-19(2)20(3)9-10-21(27(33)34)22-13-17-31(8)24-11-12-25-28(4,5)26(32)15-16-29(25,6)23(24)14-18-30(22,31)7/h11,14,19,21-22,25-26,32H,3,9-10,12-13,15-18H2,1-2,4-8H3,(H,33,34). The Balaban J connectivity index is 1.68. The van der Waals surface area contributed by atoms with Gasteiger partial charge in [0.05, 0.1) is 12.0 Å². The van der Waals surface area contributed by atoms with E-state index in [1.165, 1.54) is 16.7 Å². The van der Waals surface area contributed by atoms with E-state index in [9.17, 15) is 15.0 Å². The topological polar surface area (TPSA) is 57.5 Å². The van der Waals surface area contributed by atoms with Crippen LogP contribution in [0.5, 0.6) is 0 Å². The van der Waals surface area contributed by atoms with Gasteiger partial charge in [-0.2, -0.15) is 0 Å². The van der Waals surface area contributed by atoms with Crippen molar-refractivity contribution in [3.8, 4) is 0 Å². The number of carbonyl (C=O) groups is 1. The normalized spacial score (nSPS) is 41.6. The molecule has 2 saturated carbocycles. The third-order valence-corrected chi connectivity index (χ3v) is 11.7. The van der Waals surface area contributed by atoms with Gasteiger partial charge in [-0.3, -0.25) is 4.79 Å². The zero-order valence-corrected chi connectivity index (χ0v) is 22.7. The van der Waals surface area contributed by atoms with Gasteiger partial charge < -0.3 is 10.2 Å². The molecule has 4 rings (SSSR count). The summed E-state index contributed by atoms with van der Waals surface area (Å²) in [5, 5.41) is 21.1. The largest absolute Gasteiger partial charge is 0.481 e. The number of aliphatic hydroxyl groups excluding tert-OH is 1. The van der Waals surface area contributed by atoms with Crippen LogP contribution in [0.25, 0.3) is 0 Å². The number of fused-ring (bicyclic) bond motifs is 5. The number of allylic oxidation sites excluding steroid dienone is 5. The number of rotatable bonds is 6. The van der Waals surface area contributed by atoms with Crippen molar-refractivity contribution in [2.45, 2.75) is 106 Å². The molecular formula is C31H48O3. The summed E-state index contributed by atoms with van der Waals surface area (Å²) in [6, 6.07) is 0. The number of carboxylic acid groups (broad SMARTS) is 1. The van der Waals surface area contributed by atoms with Crippen LogP contribution in [0.4, 0.5) is 0 Å². The van der Waals surface area contributed by atoms with Crippen molar-refractivity contribution in [2.24, 2.45) is 45.3 Å². The van der Waals surface area contributed by atoms with Gasteiger partial charge in [0.15, 0.2) is 0 Å². The Hall–Kier alpha value is -1.35. The maximum absolute atomic E-state index is 12.5. The van der Waals surface area contributed by atoms with Crippen LogP contribution in [0.15, 0.2) is 35.5 Å². The van der Waals surface area contributed by atoms with Gasteiger partial charge in [-0.25, -0.2) is 0 Å². The molecule has 0 aliphatic heterocycles. The zero-order valence-electron chi connectivity index (χ0n) is 22.7. The van der Waals surface area contributed by atoms with Crippen molar-refractivity contribution in [1.29, 1.82) is 0 Å². The average molecular weight is 469 g/mol. The van der Waals surface area contributed by atoms with E-state index in [1.807, 2.05) is 0 Å². The minimum atomic E-state index is -0.630. The number of aliphatic hydroxyl groups is 1. The lowest BCUT2D eigenvalue weighted by Crippen LogP contribution is -2.54. The van der Waals surface area contributed by atoms with Gasteiger partial charge in [0, 0.05) is 0 Å². The first-order chi connectivity index (χ1) is 15.7. The monoisotopic (exact) mass is 468 g/mol. The summed E-state index contributed by atoms with van der Waals surface area (Å²) in [7, 11) is 0. The van der Waals surface area contributed by atoms with Gasteiger partial charge >= 0.3 is 5.97 Å². The van der Waals surface area contributed by atoms with Crippen LogP contribution < -0.4 is 0 Å². The van der Waals surface area contributed by atoms with Gasteiger partial charge in [-0.05, 0) is 102 Å². The molecule has 34 heavy (non-hydrogen) atoms. The minimum Gasteiger partial charge on any atom is -0.481 e. The fourth-order valence-corrected chi connectivity index (χ4v) is 8.80. The predicted octanol–water partition coefficient (Wildman–Crippen LogP) is 7.57. The van der Waals surface area contributed by atoms with Gasteiger partial charge in [-0.1, -0.05) is 72.8 Å². The summed E-state index contributed by atoms with van der Waals surface area (Å²) in [6.07, 6.45) is 12.2. The molecule has 3 heteroatoms. The van der Waals surface area contributed by atoms with Crippen LogP contribution in [-0.2, 0) is 4.79 Å². The molecule has 7 atom stereocenters. The summed E-state index contributed by atoms with van der Waals surface area (Å²) in [4.78, 5) is 12.5. The van der Waals surface area contributed by atoms with E-state index in [2.05, 4.69) is 67.2 Å². The second kappa shape index (κ2) is 8.36. The van der Waals surface area contributed by atoms with Crippen LogP contribution in [0, 0.1) is 45.3 Å². The minimum absolute atomic E-state index is 0.0126. The first-order valence-corrected chi connectivity index (χ1v) is 13.7. The smallest absolute Gasteiger partial charge is 0.306 e. The van der Waals surface area contributed by atoms with E-state index in [0.29, 0.717) is 18.3 Å². The SMILES string of the molecule is C=C(CCC(C(=O)O)C1CCC2(C)C3=CCC4C(C)(CCC(O)C4(C)C)C3=CCC12C)C(C)C. The zero-order chi connectivity index (χ0) is 25.3. The molecule has 2 fully saturated rings. The molecule has 7 unspecified atom stereocenters. The van der Waals surface area contributed by atoms with Gasteiger partial charge in [0.2, 0.25) is 0 Å². The lowest BCUT2D eigenvalue weighted by atomic mass is 9.44. The highest BCUT2D eigenvalue weighted by Gasteiger charge is 2.63. The lowest BCUT2D eigenvalue weighted by molar-refractivity contribution is -0.146. The van der Waals surface area contributed by atoms with E-state index in [0.717, 1.165) is 44.9 Å². The second-order valence-corrected chi connectivity index (χ2v) is 13.7. The summed E-state index contributed by atoms with van der Waals surface area (Å²) in [5.41, 5.74) is 4.16. The quantitative estimate of drug-likeness (QED) is 0.395. The van der Waals surface area contributed by atoms with Crippen molar-refractivity contribution in [2.75, 3.05) is 0 Å². The maximum Gasteiger partial charge on any atom is 0.306 e. The van der Waals surface area contributed by atoms with Gasteiger partial charge in [-0.15, -0.1) is 0 Å². The number of hydrogen-bond acceptors (Lipinski definition) is 2. The molecule has 190 valence electrons. The molecule has 3 nitrogen and oxygen atoms in total. The molecule has 0 bridgehead atoms. The van der Waals surface area contributed by atoms with Crippen LogP contribution in [0.1, 0.15) is 99.8 Å². The first kappa shape index (κ1) is 25.7. The highest BCUT2D eigenvalue weighted by atomic mass is 16.4. The third-order valence-electron chi connectivity index (χ3n) is 11.7. The fraction of sp³-hybridized carbons (Fsp3) is 0.774. The van der Waals surface area contributed by atoms with E-state index >= 15 is 0 Å². The lowest BCUT2D eigenvalue weighted by Gasteiger charge is -2.61. The van der Waals surface area contributed by atoms with Crippen LogP contribution in [-0.4, -0.2) is 22.3 Å². The van der Waals surface area contributed by atoms with Crippen LogP contribution in [0.3, 0.4) is 0 Å². The molecule has 0 aromatic rings. The van der Waals surface area contributed by atoms with E-state index < -0.39 is 5.97 Å². The predicted molar refractivity (Wildman–Crippen MR) is 139 cm³/mol. The Kier molecular flexibility index (Phi) is 6.32. The third kappa shape index (κ3) is 3.51. The van der Waals surface area contributed by atoms with Gasteiger partial charge in [0.25, 0.3) is 0 Å². The molecule has 2 N–H and O–H groups in total. The Morgan fingerprint density at radius 3 is 2.38 bits per heavy atom. The Labute approximate surface area is 207 Å². The summed E-state index contributed by atoms with van der Waals surface area (Å²) < 4.78 is 0. The highest BCUT2D eigenvalue weighted by Crippen LogP contribution is 2.71. The molecule has 0 heterocycles. The Morgan fingerprint density at radius 2 is 1.76 bits per heavy atom. The summed E-state index contributed by atoms with van der Waals surface area (Å²) in [5.74, 6) is 0.0861. The Bertz CT molecular complexity index is 923. The van der Waals surface area contributed by atoms with E-state index in [-0.39, 0.29) is 39.6 Å². The van der Waals surface area contributed by atoms with Crippen LogP contribution in [0.2, 0.25) is 0 Å². The molecule has 0 saturated heterocycles. The molecule has 0 radical (unpaired) electrons. The molecule has 0 aromatic carbocycles. The molecule has 0 spiro atoms. The maximum atomic E-state index is 12.5. The number of hydrogen-bond donors (Lipinski definition) is 2. The van der Waals surface area contributed by atoms with Crippen molar-refractivity contribution >= 4 is 5.97 Å². The van der Waals surface area contributed by atoms with Crippen LogP contribution >= 0.6 is 0 Å². The van der Waals surface area contributed by atoms with Crippen molar-refractivity contribution in [3.05, 3.63) is 35.5 Å². The van der Waals surface area contributed by atoms with Crippen molar-refractivity contribution < 1.29 is 15.0 Å². The first-order valence-electron chi connectivity index (χ1n) is 13.7. The molecule has 0 amide bonds. The van der Waals surface area contributed by atoms with Gasteiger partial charge in [0.1, 0.15) is 0 Å².